The number of hydrogen-bond acceptors (Lipinski definition) is 7. The van der Waals surface area contributed by atoms with E-state index in [-0.39, 0.29) is 56.4 Å². The van der Waals surface area contributed by atoms with Crippen molar-refractivity contribution in [2.75, 3.05) is 19.6 Å². The Kier molecular flexibility index (Phi) is 13.2. The zero-order valence-corrected chi connectivity index (χ0v) is 25.9. The molecule has 0 spiro atoms. The van der Waals surface area contributed by atoms with Crippen LogP contribution >= 0.6 is 0 Å². The summed E-state index contributed by atoms with van der Waals surface area (Å²) < 4.78 is 10.5. The lowest BCUT2D eigenvalue weighted by molar-refractivity contribution is -0.136. The third-order valence-corrected chi connectivity index (χ3v) is 7.11. The maximum Gasteiger partial charge on any atom is 0.408 e. The highest BCUT2D eigenvalue weighted by molar-refractivity contribution is 5.97. The van der Waals surface area contributed by atoms with Gasteiger partial charge in [-0.1, -0.05) is 88.4 Å². The molecule has 2 aromatic carbocycles. The van der Waals surface area contributed by atoms with Gasteiger partial charge in [0.2, 0.25) is 11.8 Å². The van der Waals surface area contributed by atoms with Gasteiger partial charge in [0, 0.05) is 13.1 Å². The SMILES string of the molecule is CC(C)C[C@@H](CNC(=O)OCc1ccccc1)C(=O)N1CC(=O)C(NC(=O)[C@H](CC(C)C)NC(=O)OCc2ccccc2)C1. The molecule has 0 aliphatic carbocycles. The largest absolute Gasteiger partial charge is 0.445 e. The summed E-state index contributed by atoms with van der Waals surface area (Å²) in [7, 11) is 0. The number of likely N-dealkylation sites (tertiary alicyclic amines) is 1. The van der Waals surface area contributed by atoms with Gasteiger partial charge in [0.1, 0.15) is 25.3 Å². The predicted molar refractivity (Wildman–Crippen MR) is 164 cm³/mol. The second-order valence-corrected chi connectivity index (χ2v) is 11.9. The minimum atomic E-state index is -0.921. The van der Waals surface area contributed by atoms with Crippen molar-refractivity contribution >= 4 is 29.8 Å². The van der Waals surface area contributed by atoms with E-state index in [9.17, 15) is 24.0 Å². The molecule has 11 heteroatoms. The highest BCUT2D eigenvalue weighted by Crippen LogP contribution is 2.18. The Morgan fingerprint density at radius 2 is 1.36 bits per heavy atom. The molecule has 0 radical (unpaired) electrons. The Morgan fingerprint density at radius 3 is 1.91 bits per heavy atom. The first-order valence-electron chi connectivity index (χ1n) is 15.1. The maximum atomic E-state index is 13.5. The molecule has 1 heterocycles. The molecular formula is C33H44N4O7. The molecule has 3 atom stereocenters. The van der Waals surface area contributed by atoms with Crippen LogP contribution in [-0.4, -0.2) is 66.4 Å². The summed E-state index contributed by atoms with van der Waals surface area (Å²) in [6.07, 6.45) is -0.553. The lowest BCUT2D eigenvalue weighted by Crippen LogP contribution is -2.52. The zero-order chi connectivity index (χ0) is 32.1. The summed E-state index contributed by atoms with van der Waals surface area (Å²) in [5, 5.41) is 8.00. The normalized spacial score (nSPS) is 15.9. The third kappa shape index (κ3) is 11.3. The van der Waals surface area contributed by atoms with Crippen molar-refractivity contribution in [3.8, 4) is 0 Å². The molecule has 1 fully saturated rings. The lowest BCUT2D eigenvalue weighted by atomic mass is 9.95. The molecule has 4 amide bonds. The average molecular weight is 609 g/mol. The first kappa shape index (κ1) is 34.1. The number of carbonyl (C=O) groups excluding carboxylic acids is 5. The van der Waals surface area contributed by atoms with E-state index in [0.717, 1.165) is 11.1 Å². The van der Waals surface area contributed by atoms with Crippen LogP contribution in [0, 0.1) is 17.8 Å². The van der Waals surface area contributed by atoms with Gasteiger partial charge in [-0.2, -0.15) is 0 Å². The van der Waals surface area contributed by atoms with Crippen LogP contribution in [0.3, 0.4) is 0 Å². The van der Waals surface area contributed by atoms with Gasteiger partial charge in [-0.3, -0.25) is 14.4 Å². The van der Waals surface area contributed by atoms with Crippen LogP contribution in [0.4, 0.5) is 9.59 Å². The maximum absolute atomic E-state index is 13.5. The van der Waals surface area contributed by atoms with Gasteiger partial charge in [0.15, 0.2) is 5.78 Å². The summed E-state index contributed by atoms with van der Waals surface area (Å²) in [5.74, 6) is -1.46. The van der Waals surface area contributed by atoms with Crippen LogP contribution in [0.1, 0.15) is 51.7 Å². The Morgan fingerprint density at radius 1 is 0.818 bits per heavy atom. The van der Waals surface area contributed by atoms with Gasteiger partial charge < -0.3 is 30.3 Å². The number of Topliss-reactive ketones (excluding diaryl/α,β-unsaturated/α-hetero) is 1. The number of nitrogens with zero attached hydrogens (tertiary/aromatic N) is 1. The molecular weight excluding hydrogens is 564 g/mol. The summed E-state index contributed by atoms with van der Waals surface area (Å²) >= 11 is 0. The summed E-state index contributed by atoms with van der Waals surface area (Å²) in [5.41, 5.74) is 1.65. The fourth-order valence-electron chi connectivity index (χ4n) is 4.94. The minimum Gasteiger partial charge on any atom is -0.445 e. The molecule has 1 saturated heterocycles. The van der Waals surface area contributed by atoms with Crippen molar-refractivity contribution in [1.82, 2.24) is 20.9 Å². The molecule has 0 saturated carbocycles. The molecule has 11 nitrogen and oxygen atoms in total. The minimum absolute atomic E-state index is 0.00328. The van der Waals surface area contributed by atoms with Gasteiger partial charge in [0.25, 0.3) is 0 Å². The molecule has 3 N–H and O–H groups in total. The molecule has 3 rings (SSSR count). The van der Waals surface area contributed by atoms with Crippen molar-refractivity contribution in [2.45, 2.75) is 65.8 Å². The van der Waals surface area contributed by atoms with E-state index in [4.69, 9.17) is 9.47 Å². The van der Waals surface area contributed by atoms with Gasteiger partial charge in [-0.15, -0.1) is 0 Å². The number of ketones is 1. The first-order valence-corrected chi connectivity index (χ1v) is 15.1. The second-order valence-electron chi connectivity index (χ2n) is 11.9. The van der Waals surface area contributed by atoms with E-state index < -0.39 is 36.1 Å². The number of alkyl carbamates (subject to hydrolysis) is 2. The van der Waals surface area contributed by atoms with E-state index >= 15 is 0 Å². The molecule has 1 aliphatic rings. The van der Waals surface area contributed by atoms with Gasteiger partial charge >= 0.3 is 12.2 Å². The Bertz CT molecular complexity index is 1250. The zero-order valence-electron chi connectivity index (χ0n) is 25.9. The van der Waals surface area contributed by atoms with Crippen LogP contribution in [0.25, 0.3) is 0 Å². The van der Waals surface area contributed by atoms with Crippen LogP contribution in [-0.2, 0) is 37.1 Å². The van der Waals surface area contributed by atoms with E-state index in [0.29, 0.717) is 12.8 Å². The molecule has 0 bridgehead atoms. The van der Waals surface area contributed by atoms with Crippen molar-refractivity contribution in [2.24, 2.45) is 17.8 Å². The Labute approximate surface area is 259 Å². The second kappa shape index (κ2) is 17.0. The first-order chi connectivity index (χ1) is 21.0. The Balaban J connectivity index is 1.54. The van der Waals surface area contributed by atoms with Crippen LogP contribution < -0.4 is 16.0 Å². The number of benzene rings is 2. The van der Waals surface area contributed by atoms with Gasteiger partial charge in [-0.25, -0.2) is 9.59 Å². The van der Waals surface area contributed by atoms with E-state index in [2.05, 4.69) is 16.0 Å². The average Bonchev–Trinajstić information content (AvgIpc) is 3.36. The molecule has 44 heavy (non-hydrogen) atoms. The Hall–Kier alpha value is -4.41. The van der Waals surface area contributed by atoms with Crippen molar-refractivity contribution in [1.29, 1.82) is 0 Å². The third-order valence-electron chi connectivity index (χ3n) is 7.11. The quantitative estimate of drug-likeness (QED) is 0.296. The molecule has 238 valence electrons. The summed E-state index contributed by atoms with van der Waals surface area (Å²) in [4.78, 5) is 65.7. The number of carbonyl (C=O) groups is 5. The number of ether oxygens (including phenoxy) is 2. The fourth-order valence-corrected chi connectivity index (χ4v) is 4.94. The van der Waals surface area contributed by atoms with E-state index in [1.165, 1.54) is 4.90 Å². The topological polar surface area (TPSA) is 143 Å². The lowest BCUT2D eigenvalue weighted by Gasteiger charge is -2.25. The van der Waals surface area contributed by atoms with Gasteiger partial charge in [0.05, 0.1) is 12.5 Å². The number of hydrogen-bond donors (Lipinski definition) is 3. The monoisotopic (exact) mass is 608 g/mol. The van der Waals surface area contributed by atoms with E-state index in [1.807, 2.05) is 88.4 Å². The van der Waals surface area contributed by atoms with Crippen LogP contribution in [0.5, 0.6) is 0 Å². The van der Waals surface area contributed by atoms with E-state index in [1.54, 1.807) is 0 Å². The summed E-state index contributed by atoms with van der Waals surface area (Å²) in [6.45, 7) is 7.83. The van der Waals surface area contributed by atoms with Gasteiger partial charge in [-0.05, 0) is 35.8 Å². The molecule has 1 aliphatic heterocycles. The predicted octanol–water partition coefficient (Wildman–Crippen LogP) is 3.81. The highest BCUT2D eigenvalue weighted by atomic mass is 16.6. The number of nitrogens with one attached hydrogen (secondary N) is 3. The highest BCUT2D eigenvalue weighted by Gasteiger charge is 2.38. The van der Waals surface area contributed by atoms with Crippen molar-refractivity contribution in [3.63, 3.8) is 0 Å². The number of amides is 4. The van der Waals surface area contributed by atoms with Crippen LogP contribution in [0.15, 0.2) is 60.7 Å². The molecule has 0 aromatic heterocycles. The van der Waals surface area contributed by atoms with Crippen LogP contribution in [0.2, 0.25) is 0 Å². The standard InChI is InChI=1S/C33H44N4O7/c1-22(2)15-26(17-34-32(41)43-20-24-11-7-5-8-12-24)31(40)37-18-28(29(38)19-37)35-30(39)27(16-23(3)4)36-33(42)44-21-25-13-9-6-10-14-25/h5-14,22-23,26-28H,15-21H2,1-4H3,(H,34,41)(H,35,39)(H,36,42)/t26-,27-,28?/m0/s1. The van der Waals surface area contributed by atoms with Crippen molar-refractivity contribution < 1.29 is 33.4 Å². The molecule has 1 unspecified atom stereocenters. The smallest absolute Gasteiger partial charge is 0.408 e. The fraction of sp³-hybridized carbons (Fsp3) is 0.485. The molecule has 2 aromatic rings. The van der Waals surface area contributed by atoms with Crippen molar-refractivity contribution in [3.05, 3.63) is 71.8 Å². The number of rotatable bonds is 14. The summed E-state index contributed by atoms with van der Waals surface area (Å²) in [6, 6.07) is 16.6.